The number of piperidine rings is 1. The summed E-state index contributed by atoms with van der Waals surface area (Å²) in [5, 5.41) is 8.61. The van der Waals surface area contributed by atoms with Gasteiger partial charge in [0.2, 0.25) is 17.7 Å². The van der Waals surface area contributed by atoms with E-state index in [1.807, 2.05) is 41.6 Å². The highest BCUT2D eigenvalue weighted by molar-refractivity contribution is 5.98. The molecule has 0 bridgehead atoms. The van der Waals surface area contributed by atoms with Gasteiger partial charge in [-0.2, -0.15) is 4.98 Å². The number of hydrogen-bond donors (Lipinski definition) is 0. The molecule has 12 nitrogen and oxygen atoms in total. The lowest BCUT2D eigenvalue weighted by Crippen LogP contribution is -2.43. The van der Waals surface area contributed by atoms with Gasteiger partial charge in [-0.25, -0.2) is 0 Å². The van der Waals surface area contributed by atoms with Crippen molar-refractivity contribution < 1.29 is 18.7 Å². The molecule has 2 aliphatic rings. The summed E-state index contributed by atoms with van der Waals surface area (Å²) >= 11 is 0. The van der Waals surface area contributed by atoms with Gasteiger partial charge in [-0.15, -0.1) is 10.2 Å². The zero-order valence-corrected chi connectivity index (χ0v) is 23.0. The number of carbonyl (C=O) groups is 1. The maximum Gasteiger partial charge on any atom is 0.276 e. The summed E-state index contributed by atoms with van der Waals surface area (Å²) in [6, 6.07) is 6.28. The molecule has 5 rings (SSSR count). The van der Waals surface area contributed by atoms with Gasteiger partial charge in [-0.1, -0.05) is 6.07 Å². The molecule has 1 aromatic carbocycles. The van der Waals surface area contributed by atoms with Gasteiger partial charge in [0.05, 0.1) is 7.11 Å². The van der Waals surface area contributed by atoms with Crippen LogP contribution >= 0.6 is 0 Å². The molecule has 0 radical (unpaired) electrons. The van der Waals surface area contributed by atoms with Crippen LogP contribution in [0, 0.1) is 6.92 Å². The van der Waals surface area contributed by atoms with Crippen molar-refractivity contribution in [1.29, 1.82) is 0 Å². The summed E-state index contributed by atoms with van der Waals surface area (Å²) in [4.78, 5) is 26.5. The Bertz CT molecular complexity index is 1290. The Kier molecular flexibility index (Phi) is 7.26. The lowest BCUT2D eigenvalue weighted by Gasteiger charge is -2.35. The highest BCUT2D eigenvalue weighted by Gasteiger charge is 2.33. The summed E-state index contributed by atoms with van der Waals surface area (Å²) in [6.07, 6.45) is 2.02. The van der Waals surface area contributed by atoms with Gasteiger partial charge in [-0.3, -0.25) is 9.36 Å². The molecule has 4 heterocycles. The molecule has 0 N–H and O–H groups in total. The molecule has 1 saturated heterocycles. The van der Waals surface area contributed by atoms with E-state index in [4.69, 9.17) is 18.9 Å². The van der Waals surface area contributed by atoms with Crippen LogP contribution in [-0.4, -0.2) is 103 Å². The molecule has 0 saturated carbocycles. The first kappa shape index (κ1) is 26.0. The largest absolute Gasteiger partial charge is 0.496 e. The zero-order valence-electron chi connectivity index (χ0n) is 23.0. The van der Waals surface area contributed by atoms with Gasteiger partial charge >= 0.3 is 0 Å². The molecule has 1 fully saturated rings. The van der Waals surface area contributed by atoms with Crippen LogP contribution in [0.25, 0.3) is 11.5 Å². The van der Waals surface area contributed by atoms with Crippen molar-refractivity contribution in [3.05, 3.63) is 35.3 Å². The lowest BCUT2D eigenvalue weighted by atomic mass is 10.0. The first-order valence-corrected chi connectivity index (χ1v) is 12.8. The standard InChI is InChI=1S/C26H36N8O4/c1-17-7-8-18(13-20(17)36-6)24-29-28-21(38-24)14-34-22-23(31(4)15-37-16-32(5)25(22)35)27-26(34)33-11-9-19(10-12-33)30(2)3/h7-8,13,19H,9-12,14-16H2,1-6H3. The highest BCUT2D eigenvalue weighted by atomic mass is 16.5. The SMILES string of the molecule is COc1cc(-c2nnc(Cn3c(N4CCC(N(C)C)CC4)nc4c3C(=O)N(C)COCN4C)o2)ccc1C. The third kappa shape index (κ3) is 4.93. The number of methoxy groups -OCH3 is 1. The summed E-state index contributed by atoms with van der Waals surface area (Å²) in [5.41, 5.74) is 2.28. The number of ether oxygens (including phenoxy) is 2. The molecular formula is C26H36N8O4. The molecule has 12 heteroatoms. The van der Waals surface area contributed by atoms with Crippen LogP contribution in [0.2, 0.25) is 0 Å². The maximum atomic E-state index is 13.6. The second-order valence-corrected chi connectivity index (χ2v) is 10.2. The van der Waals surface area contributed by atoms with E-state index in [2.05, 4.69) is 34.1 Å². The topological polar surface area (TPSA) is 105 Å². The Morgan fingerprint density at radius 1 is 1.11 bits per heavy atom. The number of hydrogen-bond acceptors (Lipinski definition) is 10. The molecule has 3 aromatic rings. The Hall–Kier alpha value is -3.64. The van der Waals surface area contributed by atoms with E-state index >= 15 is 0 Å². The van der Waals surface area contributed by atoms with Crippen molar-refractivity contribution >= 4 is 17.7 Å². The molecular weight excluding hydrogens is 488 g/mol. The van der Waals surface area contributed by atoms with Crippen molar-refractivity contribution in [2.45, 2.75) is 32.4 Å². The van der Waals surface area contributed by atoms with Crippen molar-refractivity contribution in [3.63, 3.8) is 0 Å². The minimum absolute atomic E-state index is 0.170. The third-order valence-electron chi connectivity index (χ3n) is 7.30. The predicted molar refractivity (Wildman–Crippen MR) is 143 cm³/mol. The Morgan fingerprint density at radius 3 is 2.55 bits per heavy atom. The molecule has 0 unspecified atom stereocenters. The maximum absolute atomic E-state index is 13.6. The number of anilines is 2. The van der Waals surface area contributed by atoms with Crippen LogP contribution in [0.5, 0.6) is 5.75 Å². The van der Waals surface area contributed by atoms with Gasteiger partial charge in [0.15, 0.2) is 11.5 Å². The average Bonchev–Trinajstić information content (AvgIpc) is 3.53. The van der Waals surface area contributed by atoms with Crippen LogP contribution in [0.1, 0.15) is 34.8 Å². The van der Waals surface area contributed by atoms with Crippen molar-refractivity contribution in [3.8, 4) is 17.2 Å². The predicted octanol–water partition coefficient (Wildman–Crippen LogP) is 2.28. The van der Waals surface area contributed by atoms with E-state index in [1.165, 1.54) is 0 Å². The molecule has 38 heavy (non-hydrogen) atoms. The summed E-state index contributed by atoms with van der Waals surface area (Å²) < 4.78 is 19.1. The van der Waals surface area contributed by atoms with Gasteiger partial charge in [0.1, 0.15) is 25.8 Å². The lowest BCUT2D eigenvalue weighted by molar-refractivity contribution is 0.0312. The smallest absolute Gasteiger partial charge is 0.276 e. The number of carbonyl (C=O) groups excluding carboxylic acids is 1. The van der Waals surface area contributed by atoms with Crippen LogP contribution in [-0.2, 0) is 11.3 Å². The van der Waals surface area contributed by atoms with Crippen LogP contribution in [0.4, 0.5) is 11.8 Å². The number of nitrogens with zero attached hydrogens (tertiary/aromatic N) is 8. The van der Waals surface area contributed by atoms with Gasteiger partial charge in [0, 0.05) is 38.8 Å². The van der Waals surface area contributed by atoms with Gasteiger partial charge in [0.25, 0.3) is 5.91 Å². The number of benzene rings is 1. The monoisotopic (exact) mass is 524 g/mol. The molecule has 2 aliphatic heterocycles. The van der Waals surface area contributed by atoms with Gasteiger partial charge < -0.3 is 33.5 Å². The fourth-order valence-corrected chi connectivity index (χ4v) is 5.02. The normalized spacial score (nSPS) is 17.1. The fraction of sp³-hybridized carbons (Fsp3) is 0.538. The number of amides is 1. The highest BCUT2D eigenvalue weighted by Crippen LogP contribution is 2.32. The van der Waals surface area contributed by atoms with E-state index in [9.17, 15) is 4.79 Å². The number of aromatic nitrogens is 4. The quantitative estimate of drug-likeness (QED) is 0.477. The van der Waals surface area contributed by atoms with E-state index < -0.39 is 0 Å². The minimum atomic E-state index is -0.170. The van der Waals surface area contributed by atoms with Crippen molar-refractivity contribution in [2.75, 3.05) is 71.7 Å². The number of fused-ring (bicyclic) bond motifs is 1. The van der Waals surface area contributed by atoms with Crippen molar-refractivity contribution in [1.82, 2.24) is 29.5 Å². The van der Waals surface area contributed by atoms with E-state index in [1.54, 1.807) is 19.1 Å². The second-order valence-electron chi connectivity index (χ2n) is 10.2. The Labute approximate surface area is 222 Å². The van der Waals surface area contributed by atoms with Crippen LogP contribution in [0.15, 0.2) is 22.6 Å². The van der Waals surface area contributed by atoms with E-state index in [0.717, 1.165) is 48.8 Å². The van der Waals surface area contributed by atoms with Crippen molar-refractivity contribution in [2.24, 2.45) is 0 Å². The Balaban J connectivity index is 1.52. The first-order valence-electron chi connectivity index (χ1n) is 12.8. The second kappa shape index (κ2) is 10.6. The summed E-state index contributed by atoms with van der Waals surface area (Å²) in [6.45, 7) is 4.38. The molecule has 0 spiro atoms. The third-order valence-corrected chi connectivity index (χ3v) is 7.30. The fourth-order valence-electron chi connectivity index (χ4n) is 5.02. The molecule has 0 atom stereocenters. The molecule has 204 valence electrons. The van der Waals surface area contributed by atoms with E-state index in [0.29, 0.717) is 36.1 Å². The minimum Gasteiger partial charge on any atom is -0.496 e. The molecule has 0 aliphatic carbocycles. The molecule has 1 amide bonds. The average molecular weight is 525 g/mol. The first-order chi connectivity index (χ1) is 18.3. The molecule has 2 aromatic heterocycles. The number of rotatable bonds is 6. The number of aryl methyl sites for hydroxylation is 1. The summed E-state index contributed by atoms with van der Waals surface area (Å²) in [5.74, 6) is 2.66. The Morgan fingerprint density at radius 2 is 1.84 bits per heavy atom. The van der Waals surface area contributed by atoms with Crippen LogP contribution < -0.4 is 14.5 Å². The van der Waals surface area contributed by atoms with E-state index in [-0.39, 0.29) is 19.2 Å². The van der Waals surface area contributed by atoms with Gasteiger partial charge in [-0.05, 0) is 51.6 Å². The van der Waals surface area contributed by atoms with Crippen LogP contribution in [0.3, 0.4) is 0 Å². The number of imidazole rings is 1. The zero-order chi connectivity index (χ0) is 27.0. The summed E-state index contributed by atoms with van der Waals surface area (Å²) in [7, 11) is 9.48.